The average Bonchev–Trinajstić information content (AvgIpc) is 2.67. The summed E-state index contributed by atoms with van der Waals surface area (Å²) in [6.45, 7) is 0. The molecule has 0 radical (unpaired) electrons. The highest BCUT2D eigenvalue weighted by Crippen LogP contribution is 2.56. The van der Waals surface area contributed by atoms with Gasteiger partial charge in [-0.05, 0) is 12.5 Å². The maximum absolute atomic E-state index is 5.96. The van der Waals surface area contributed by atoms with Crippen LogP contribution < -0.4 is 11.5 Å². The van der Waals surface area contributed by atoms with Crippen molar-refractivity contribution in [3.05, 3.63) is 18.0 Å². The van der Waals surface area contributed by atoms with Crippen molar-refractivity contribution in [1.29, 1.82) is 0 Å². The second-order valence-electron chi connectivity index (χ2n) is 3.23. The van der Waals surface area contributed by atoms with E-state index in [1.165, 1.54) is 0 Å². The number of hydrogen-bond donors (Lipinski definition) is 2. The van der Waals surface area contributed by atoms with Crippen LogP contribution in [0.3, 0.4) is 0 Å². The Morgan fingerprint density at radius 3 is 2.62 bits per heavy atom. The summed E-state index contributed by atoms with van der Waals surface area (Å²) in [6.07, 6.45) is 2.44. The number of pyridine rings is 1. The van der Waals surface area contributed by atoms with E-state index >= 15 is 0 Å². The molecule has 1 heterocycles. The van der Waals surface area contributed by atoms with Gasteiger partial charge in [0.05, 0.1) is 33.0 Å². The molecular formula is C8H9BrClN3. The molecule has 2 rings (SSSR count). The van der Waals surface area contributed by atoms with Gasteiger partial charge in [0.2, 0.25) is 0 Å². The molecular weight excluding hydrogens is 253 g/mol. The highest BCUT2D eigenvalue weighted by atomic mass is 79.9. The van der Waals surface area contributed by atoms with Crippen LogP contribution in [0.4, 0.5) is 11.4 Å². The minimum absolute atomic E-state index is 0.100. The van der Waals surface area contributed by atoms with Crippen molar-refractivity contribution in [1.82, 2.24) is 4.98 Å². The second kappa shape index (κ2) is 2.75. The molecule has 0 bridgehead atoms. The molecule has 0 amide bonds. The van der Waals surface area contributed by atoms with Crippen LogP contribution in [0.1, 0.15) is 12.1 Å². The molecule has 1 saturated carbocycles. The number of rotatable bonds is 1. The first-order valence-electron chi connectivity index (χ1n) is 3.88. The standard InChI is InChI=1S/C8H9BrClN3/c9-8(2-6(8)10)7-1-4(11)5(12)3-13-7/h1,3,6H,2,12H2,(H2,11,13). The third kappa shape index (κ3) is 1.38. The van der Waals surface area contributed by atoms with E-state index in [2.05, 4.69) is 20.9 Å². The minimum Gasteiger partial charge on any atom is -0.397 e. The molecule has 1 aromatic heterocycles. The lowest BCUT2D eigenvalue weighted by Gasteiger charge is -2.08. The van der Waals surface area contributed by atoms with Gasteiger partial charge < -0.3 is 11.5 Å². The molecule has 1 aliphatic rings. The number of nitrogens with two attached hydrogens (primary N) is 2. The van der Waals surface area contributed by atoms with Crippen molar-refractivity contribution in [2.75, 3.05) is 11.5 Å². The van der Waals surface area contributed by atoms with Gasteiger partial charge in [0, 0.05) is 0 Å². The summed E-state index contributed by atoms with van der Waals surface area (Å²) >= 11 is 9.49. The van der Waals surface area contributed by atoms with Crippen molar-refractivity contribution >= 4 is 38.9 Å². The first kappa shape index (κ1) is 9.09. The van der Waals surface area contributed by atoms with E-state index in [0.29, 0.717) is 11.4 Å². The van der Waals surface area contributed by atoms with Gasteiger partial charge in [0.25, 0.3) is 0 Å². The molecule has 0 aromatic carbocycles. The molecule has 1 fully saturated rings. The van der Waals surface area contributed by atoms with Gasteiger partial charge in [0.15, 0.2) is 0 Å². The van der Waals surface area contributed by atoms with Crippen LogP contribution >= 0.6 is 27.5 Å². The maximum atomic E-state index is 5.96. The van der Waals surface area contributed by atoms with Crippen LogP contribution in [0, 0.1) is 0 Å². The fourth-order valence-electron chi connectivity index (χ4n) is 1.18. The third-order valence-corrected chi connectivity index (χ3v) is 4.28. The topological polar surface area (TPSA) is 64.9 Å². The van der Waals surface area contributed by atoms with Gasteiger partial charge in [-0.2, -0.15) is 0 Å². The Bertz CT molecular complexity index is 357. The second-order valence-corrected chi connectivity index (χ2v) is 5.17. The van der Waals surface area contributed by atoms with Crippen molar-refractivity contribution in [2.24, 2.45) is 0 Å². The number of hydrogen-bond acceptors (Lipinski definition) is 3. The number of nitrogen functional groups attached to an aromatic ring is 2. The summed E-state index contributed by atoms with van der Waals surface area (Å²) in [6, 6.07) is 1.77. The Hall–Kier alpha value is -0.480. The van der Waals surface area contributed by atoms with E-state index in [-0.39, 0.29) is 9.70 Å². The molecule has 13 heavy (non-hydrogen) atoms. The molecule has 0 saturated heterocycles. The van der Waals surface area contributed by atoms with E-state index < -0.39 is 0 Å². The predicted molar refractivity (Wildman–Crippen MR) is 57.9 cm³/mol. The number of aromatic nitrogens is 1. The van der Waals surface area contributed by atoms with Gasteiger partial charge in [-0.3, -0.25) is 4.98 Å². The van der Waals surface area contributed by atoms with E-state index in [9.17, 15) is 0 Å². The Balaban J connectivity index is 2.38. The van der Waals surface area contributed by atoms with Gasteiger partial charge in [-0.25, -0.2) is 0 Å². The average molecular weight is 263 g/mol. The number of alkyl halides is 2. The first-order chi connectivity index (χ1) is 6.04. The normalized spacial score (nSPS) is 31.7. The molecule has 5 heteroatoms. The van der Waals surface area contributed by atoms with E-state index in [1.807, 2.05) is 0 Å². The molecule has 0 aliphatic heterocycles. The molecule has 70 valence electrons. The predicted octanol–water partition coefficient (Wildman–Crippen LogP) is 1.85. The van der Waals surface area contributed by atoms with Crippen molar-refractivity contribution in [3.8, 4) is 0 Å². The Morgan fingerprint density at radius 1 is 1.54 bits per heavy atom. The number of halogens is 2. The van der Waals surface area contributed by atoms with Crippen LogP contribution in [-0.4, -0.2) is 10.4 Å². The van der Waals surface area contributed by atoms with Gasteiger partial charge in [-0.1, -0.05) is 15.9 Å². The van der Waals surface area contributed by atoms with E-state index in [4.69, 9.17) is 23.1 Å². The molecule has 1 aliphatic carbocycles. The van der Waals surface area contributed by atoms with Gasteiger partial charge in [-0.15, -0.1) is 11.6 Å². The monoisotopic (exact) mass is 261 g/mol. The lowest BCUT2D eigenvalue weighted by Crippen LogP contribution is -2.06. The molecule has 2 atom stereocenters. The minimum atomic E-state index is -0.184. The Labute approximate surface area is 89.6 Å². The summed E-state index contributed by atoms with van der Waals surface area (Å²) in [7, 11) is 0. The van der Waals surface area contributed by atoms with E-state index in [0.717, 1.165) is 12.1 Å². The molecule has 4 N–H and O–H groups in total. The highest BCUT2D eigenvalue weighted by Gasteiger charge is 2.54. The quantitative estimate of drug-likeness (QED) is 0.759. The molecule has 0 spiro atoms. The first-order valence-corrected chi connectivity index (χ1v) is 5.11. The smallest absolute Gasteiger partial charge is 0.0856 e. The summed E-state index contributed by atoms with van der Waals surface area (Å²) in [5.41, 5.74) is 13.1. The summed E-state index contributed by atoms with van der Waals surface area (Å²) < 4.78 is -0.184. The zero-order valence-electron chi connectivity index (χ0n) is 6.80. The lowest BCUT2D eigenvalue weighted by molar-refractivity contribution is 0.976. The van der Waals surface area contributed by atoms with Gasteiger partial charge in [0.1, 0.15) is 0 Å². The van der Waals surface area contributed by atoms with Crippen molar-refractivity contribution in [3.63, 3.8) is 0 Å². The fraction of sp³-hybridized carbons (Fsp3) is 0.375. The third-order valence-electron chi connectivity index (χ3n) is 2.21. The van der Waals surface area contributed by atoms with Crippen LogP contribution in [-0.2, 0) is 4.32 Å². The SMILES string of the molecule is Nc1cnc(C2(Br)CC2Cl)cc1N. The van der Waals surface area contributed by atoms with E-state index in [1.54, 1.807) is 12.3 Å². The Morgan fingerprint density at radius 2 is 2.15 bits per heavy atom. The zero-order chi connectivity index (χ0) is 9.64. The lowest BCUT2D eigenvalue weighted by atomic mass is 10.2. The number of nitrogens with zero attached hydrogens (tertiary/aromatic N) is 1. The Kier molecular flexibility index (Phi) is 1.92. The summed E-state index contributed by atoms with van der Waals surface area (Å²) in [5, 5.41) is 0.100. The maximum Gasteiger partial charge on any atom is 0.0856 e. The largest absolute Gasteiger partial charge is 0.397 e. The molecule has 2 unspecified atom stereocenters. The van der Waals surface area contributed by atoms with Crippen LogP contribution in [0.2, 0.25) is 0 Å². The van der Waals surface area contributed by atoms with Crippen LogP contribution in [0.5, 0.6) is 0 Å². The van der Waals surface area contributed by atoms with Crippen molar-refractivity contribution in [2.45, 2.75) is 16.1 Å². The van der Waals surface area contributed by atoms with Gasteiger partial charge >= 0.3 is 0 Å². The highest BCUT2D eigenvalue weighted by molar-refractivity contribution is 9.10. The summed E-state index contributed by atoms with van der Waals surface area (Å²) in [4.78, 5) is 4.19. The zero-order valence-corrected chi connectivity index (χ0v) is 9.14. The van der Waals surface area contributed by atoms with Crippen LogP contribution in [0.15, 0.2) is 12.3 Å². The van der Waals surface area contributed by atoms with Crippen LogP contribution in [0.25, 0.3) is 0 Å². The number of anilines is 2. The molecule has 3 nitrogen and oxygen atoms in total. The molecule has 1 aromatic rings. The summed E-state index contributed by atoms with van der Waals surface area (Å²) in [5.74, 6) is 0. The van der Waals surface area contributed by atoms with Crippen molar-refractivity contribution < 1.29 is 0 Å². The fourth-order valence-corrected chi connectivity index (χ4v) is 2.26.